The van der Waals surface area contributed by atoms with Crippen LogP contribution >= 0.6 is 11.3 Å². The van der Waals surface area contributed by atoms with Crippen LogP contribution < -0.4 is 15.0 Å². The van der Waals surface area contributed by atoms with E-state index in [4.69, 9.17) is 4.74 Å². The number of aromatic nitrogens is 1. The summed E-state index contributed by atoms with van der Waals surface area (Å²) in [6.07, 6.45) is 5.49. The van der Waals surface area contributed by atoms with Crippen LogP contribution in [0, 0.1) is 0 Å². The molecule has 0 spiro atoms. The van der Waals surface area contributed by atoms with Crippen LogP contribution in [0.25, 0.3) is 10.2 Å². The molecule has 6 nitrogen and oxygen atoms in total. The standard InChI is InChI=1S/C24H27N3O3S/c1-24(23(29)25-17-7-4-3-5-8-17)15-26-20(13-16-11-12-31-22(16)26)21(28)27(24)18-9-6-10-19(14-18)30-2/h6,9-14,17H,3-5,7-8,15H2,1-2H3,(H,25,29)/t24-/m0/s1. The second-order valence-electron chi connectivity index (χ2n) is 8.72. The number of nitrogens with zero attached hydrogens (tertiary/aromatic N) is 2. The Bertz CT molecular complexity index is 1140. The van der Waals surface area contributed by atoms with Crippen LogP contribution in [-0.2, 0) is 11.3 Å². The maximum Gasteiger partial charge on any atom is 0.275 e. The Labute approximate surface area is 185 Å². The van der Waals surface area contributed by atoms with Crippen molar-refractivity contribution in [1.29, 1.82) is 0 Å². The number of hydrogen-bond acceptors (Lipinski definition) is 4. The van der Waals surface area contributed by atoms with E-state index < -0.39 is 5.54 Å². The molecule has 0 bridgehead atoms. The quantitative estimate of drug-likeness (QED) is 0.650. The molecule has 1 aromatic carbocycles. The van der Waals surface area contributed by atoms with Crippen LogP contribution in [0.2, 0.25) is 0 Å². The Morgan fingerprint density at radius 2 is 2.00 bits per heavy atom. The molecule has 2 aromatic heterocycles. The largest absolute Gasteiger partial charge is 0.497 e. The van der Waals surface area contributed by atoms with Crippen molar-refractivity contribution in [3.8, 4) is 5.75 Å². The number of methoxy groups -OCH3 is 1. The van der Waals surface area contributed by atoms with Gasteiger partial charge < -0.3 is 14.6 Å². The van der Waals surface area contributed by atoms with Gasteiger partial charge in [0.15, 0.2) is 0 Å². The molecule has 1 fully saturated rings. The summed E-state index contributed by atoms with van der Waals surface area (Å²) in [6.45, 7) is 2.29. The van der Waals surface area contributed by atoms with Crippen molar-refractivity contribution >= 4 is 39.1 Å². The van der Waals surface area contributed by atoms with Crippen molar-refractivity contribution < 1.29 is 14.3 Å². The average Bonchev–Trinajstić information content (AvgIpc) is 3.37. The summed E-state index contributed by atoms with van der Waals surface area (Å²) < 4.78 is 7.41. The molecule has 5 rings (SSSR count). The van der Waals surface area contributed by atoms with Crippen LogP contribution in [0.1, 0.15) is 49.5 Å². The third kappa shape index (κ3) is 3.31. The number of benzene rings is 1. The summed E-state index contributed by atoms with van der Waals surface area (Å²) >= 11 is 1.60. The zero-order chi connectivity index (χ0) is 21.6. The van der Waals surface area contributed by atoms with Crippen LogP contribution in [0.4, 0.5) is 5.69 Å². The molecule has 7 heteroatoms. The normalized spacial score (nSPS) is 21.9. The predicted octanol–water partition coefficient (Wildman–Crippen LogP) is 4.58. The van der Waals surface area contributed by atoms with E-state index in [1.54, 1.807) is 23.3 Å². The molecule has 0 unspecified atom stereocenters. The number of carbonyl (C=O) groups is 2. The minimum atomic E-state index is -1.05. The topological polar surface area (TPSA) is 63.6 Å². The molecule has 0 saturated heterocycles. The highest BCUT2D eigenvalue weighted by molar-refractivity contribution is 7.16. The van der Waals surface area contributed by atoms with Gasteiger partial charge in [0.05, 0.1) is 13.7 Å². The number of fused-ring (bicyclic) bond motifs is 3. The number of amides is 2. The van der Waals surface area contributed by atoms with Crippen LogP contribution in [0.5, 0.6) is 5.75 Å². The van der Waals surface area contributed by atoms with Crippen molar-refractivity contribution in [2.75, 3.05) is 12.0 Å². The summed E-state index contributed by atoms with van der Waals surface area (Å²) in [7, 11) is 1.60. The molecule has 1 N–H and O–H groups in total. The van der Waals surface area contributed by atoms with Gasteiger partial charge in [-0.25, -0.2) is 0 Å². The average molecular weight is 438 g/mol. The highest BCUT2D eigenvalue weighted by atomic mass is 32.1. The predicted molar refractivity (Wildman–Crippen MR) is 123 cm³/mol. The number of anilines is 1. The zero-order valence-corrected chi connectivity index (χ0v) is 18.7. The van der Waals surface area contributed by atoms with Crippen molar-refractivity contribution in [2.45, 2.75) is 57.2 Å². The molecule has 1 aliphatic heterocycles. The van der Waals surface area contributed by atoms with Crippen molar-refractivity contribution in [2.24, 2.45) is 0 Å². The maximum absolute atomic E-state index is 13.8. The molecule has 2 aliphatic rings. The van der Waals surface area contributed by atoms with Gasteiger partial charge >= 0.3 is 0 Å². The van der Waals surface area contributed by atoms with Crippen LogP contribution in [0.3, 0.4) is 0 Å². The first-order chi connectivity index (χ1) is 15.0. The van der Waals surface area contributed by atoms with E-state index in [9.17, 15) is 9.59 Å². The van der Waals surface area contributed by atoms with Gasteiger partial charge in [-0.2, -0.15) is 0 Å². The Morgan fingerprint density at radius 1 is 1.19 bits per heavy atom. The van der Waals surface area contributed by atoms with Crippen LogP contribution in [0.15, 0.2) is 41.8 Å². The number of hydrogen-bond donors (Lipinski definition) is 1. The fraction of sp³-hybridized carbons (Fsp3) is 0.417. The van der Waals surface area contributed by atoms with Gasteiger partial charge in [-0.1, -0.05) is 25.3 Å². The number of carbonyl (C=O) groups excluding carboxylic acids is 2. The third-order valence-corrected chi connectivity index (χ3v) is 7.58. The molecule has 1 atom stereocenters. The molecule has 3 heterocycles. The van der Waals surface area contributed by atoms with E-state index in [0.717, 1.165) is 35.9 Å². The first-order valence-corrected chi connectivity index (χ1v) is 11.8. The Hall–Kier alpha value is -2.80. The molecule has 3 aromatic rings. The summed E-state index contributed by atoms with van der Waals surface area (Å²) in [6, 6.07) is 11.5. The Balaban J connectivity index is 1.60. The van der Waals surface area contributed by atoms with Crippen molar-refractivity contribution in [3.63, 3.8) is 0 Å². The Morgan fingerprint density at radius 3 is 2.77 bits per heavy atom. The fourth-order valence-electron chi connectivity index (χ4n) is 4.94. The second-order valence-corrected chi connectivity index (χ2v) is 9.62. The summed E-state index contributed by atoms with van der Waals surface area (Å²) in [4.78, 5) is 30.2. The minimum Gasteiger partial charge on any atom is -0.497 e. The van der Waals surface area contributed by atoms with E-state index in [2.05, 4.69) is 5.32 Å². The van der Waals surface area contributed by atoms with Gasteiger partial charge in [-0.05, 0) is 49.4 Å². The first kappa shape index (κ1) is 20.1. The lowest BCUT2D eigenvalue weighted by molar-refractivity contribution is -0.127. The monoisotopic (exact) mass is 437 g/mol. The molecule has 1 saturated carbocycles. The van der Waals surface area contributed by atoms with Gasteiger partial charge in [0, 0.05) is 23.2 Å². The molecular weight excluding hydrogens is 410 g/mol. The zero-order valence-electron chi connectivity index (χ0n) is 17.9. The van der Waals surface area contributed by atoms with Crippen molar-refractivity contribution in [3.05, 3.63) is 47.5 Å². The summed E-state index contributed by atoms with van der Waals surface area (Å²) in [5.74, 6) is 0.395. The van der Waals surface area contributed by atoms with Crippen LogP contribution in [-0.4, -0.2) is 35.1 Å². The molecule has 162 valence electrons. The van der Waals surface area contributed by atoms with E-state index in [-0.39, 0.29) is 17.9 Å². The molecule has 0 radical (unpaired) electrons. The highest BCUT2D eigenvalue weighted by Crippen LogP contribution is 2.38. The molecular formula is C24H27N3O3S. The van der Waals surface area contributed by atoms with Gasteiger partial charge in [0.2, 0.25) is 5.91 Å². The highest BCUT2D eigenvalue weighted by Gasteiger charge is 2.49. The lowest BCUT2D eigenvalue weighted by atomic mass is 9.91. The smallest absolute Gasteiger partial charge is 0.275 e. The maximum atomic E-state index is 13.8. The molecule has 31 heavy (non-hydrogen) atoms. The van der Waals surface area contributed by atoms with Gasteiger partial charge in [-0.3, -0.25) is 14.5 Å². The Kier molecular flexibility index (Phi) is 5.01. The number of thiophene rings is 1. The van der Waals surface area contributed by atoms with Gasteiger partial charge in [0.25, 0.3) is 5.91 Å². The number of rotatable bonds is 4. The van der Waals surface area contributed by atoms with E-state index in [1.165, 1.54) is 6.42 Å². The van der Waals surface area contributed by atoms with E-state index in [0.29, 0.717) is 23.7 Å². The third-order valence-electron chi connectivity index (χ3n) is 6.63. The summed E-state index contributed by atoms with van der Waals surface area (Å²) in [5, 5.41) is 6.33. The first-order valence-electron chi connectivity index (χ1n) is 10.9. The minimum absolute atomic E-state index is 0.0976. The summed E-state index contributed by atoms with van der Waals surface area (Å²) in [5.41, 5.74) is 0.234. The SMILES string of the molecule is COc1cccc(N2C(=O)c3cc4ccsc4n3C[C@@]2(C)C(=O)NC2CCCCC2)c1. The van der Waals surface area contributed by atoms with Gasteiger partial charge in [0.1, 0.15) is 21.8 Å². The molecule has 2 amide bonds. The molecule has 1 aliphatic carbocycles. The number of nitrogens with one attached hydrogen (secondary N) is 1. The van der Waals surface area contributed by atoms with E-state index in [1.807, 2.05) is 53.3 Å². The van der Waals surface area contributed by atoms with Gasteiger partial charge in [-0.15, -0.1) is 11.3 Å². The van der Waals surface area contributed by atoms with Crippen molar-refractivity contribution in [1.82, 2.24) is 9.88 Å². The second kappa shape index (κ2) is 7.71. The lowest BCUT2D eigenvalue weighted by Gasteiger charge is -2.44. The van der Waals surface area contributed by atoms with E-state index >= 15 is 0 Å². The fourth-order valence-corrected chi connectivity index (χ4v) is 5.84. The lowest BCUT2D eigenvalue weighted by Crippen LogP contribution is -2.65. The number of ether oxygens (including phenoxy) is 1.